The van der Waals surface area contributed by atoms with Gasteiger partial charge in [-0.1, -0.05) is 124 Å². The van der Waals surface area contributed by atoms with Crippen LogP contribution in [0.5, 0.6) is 0 Å². The molecule has 1 heterocycles. The van der Waals surface area contributed by atoms with Crippen molar-refractivity contribution in [3.05, 3.63) is 61.0 Å². The summed E-state index contributed by atoms with van der Waals surface area (Å²) >= 11 is 0. The molecule has 8 nitrogen and oxygen atoms in total. The topological polar surface area (TPSA) is 117 Å². The van der Waals surface area contributed by atoms with E-state index in [-0.39, 0.29) is 40.9 Å². The van der Waals surface area contributed by atoms with E-state index in [9.17, 15) is 14.4 Å². The molecule has 8 heteroatoms. The SMILES string of the molecule is C=CN1CCCC1C(=O)NC(CC(C)CC)C(=O)C(=C)N.CC(Cc1ccccc1)C1CCCCC1.CNC(=O)NC(C)C(C)(C)C. The first kappa shape index (κ1) is 41.7. The molecule has 3 rings (SSSR count). The number of ketones is 1. The minimum absolute atomic E-state index is 0.00407. The molecule has 2 aliphatic rings. The van der Waals surface area contributed by atoms with Crippen molar-refractivity contribution in [3.63, 3.8) is 0 Å². The van der Waals surface area contributed by atoms with Gasteiger partial charge in [-0.3, -0.25) is 9.59 Å². The first-order chi connectivity index (χ1) is 22.1. The van der Waals surface area contributed by atoms with E-state index in [1.807, 2.05) is 11.8 Å². The number of hydrogen-bond acceptors (Lipinski definition) is 5. The maximum absolute atomic E-state index is 12.4. The number of carbonyl (C=O) groups is 3. The first-order valence-corrected chi connectivity index (χ1v) is 17.8. The Labute approximate surface area is 286 Å². The number of likely N-dealkylation sites (tertiary alicyclic amines) is 1. The van der Waals surface area contributed by atoms with Gasteiger partial charge in [0.15, 0.2) is 5.78 Å². The highest BCUT2D eigenvalue weighted by Gasteiger charge is 2.32. The van der Waals surface area contributed by atoms with Crippen LogP contribution in [0.2, 0.25) is 0 Å². The zero-order valence-electron chi connectivity index (χ0n) is 30.9. The fourth-order valence-corrected chi connectivity index (χ4v) is 5.92. The molecule has 0 bridgehead atoms. The normalized spacial score (nSPS) is 18.9. The van der Waals surface area contributed by atoms with Gasteiger partial charge in [0, 0.05) is 19.6 Å². The second-order valence-electron chi connectivity index (χ2n) is 14.7. The van der Waals surface area contributed by atoms with Crippen molar-refractivity contribution in [2.75, 3.05) is 13.6 Å². The number of benzene rings is 1. The van der Waals surface area contributed by atoms with E-state index < -0.39 is 6.04 Å². The van der Waals surface area contributed by atoms with Crippen molar-refractivity contribution in [2.24, 2.45) is 28.9 Å². The number of rotatable bonds is 12. The van der Waals surface area contributed by atoms with E-state index in [2.05, 4.69) is 101 Å². The Morgan fingerprint density at radius 3 is 2.13 bits per heavy atom. The summed E-state index contributed by atoms with van der Waals surface area (Å²) in [5.74, 6) is 1.77. The maximum atomic E-state index is 12.4. The molecule has 5 atom stereocenters. The Morgan fingerprint density at radius 1 is 1.00 bits per heavy atom. The summed E-state index contributed by atoms with van der Waals surface area (Å²) in [6.45, 7) is 22.9. The third-order valence-corrected chi connectivity index (χ3v) is 9.84. The van der Waals surface area contributed by atoms with Gasteiger partial charge in [-0.15, -0.1) is 0 Å². The van der Waals surface area contributed by atoms with Gasteiger partial charge in [-0.25, -0.2) is 4.79 Å². The first-order valence-electron chi connectivity index (χ1n) is 17.8. The number of nitrogens with one attached hydrogen (secondary N) is 3. The summed E-state index contributed by atoms with van der Waals surface area (Å²) in [7, 11) is 1.62. The Hall–Kier alpha value is -3.29. The summed E-state index contributed by atoms with van der Waals surface area (Å²) in [5, 5.41) is 8.19. The fraction of sp³-hybridized carbons (Fsp3) is 0.667. The number of amides is 3. The van der Waals surface area contributed by atoms with Crippen molar-refractivity contribution >= 4 is 17.7 Å². The lowest BCUT2D eigenvalue weighted by atomic mass is 9.78. The number of nitrogens with zero attached hydrogens (tertiary/aromatic N) is 1. The van der Waals surface area contributed by atoms with Crippen molar-refractivity contribution in [3.8, 4) is 0 Å². The molecule has 1 saturated heterocycles. The standard InChI is InChI=1S/C16H27N3O2.C15H22.C8H18N2O/c1-5-11(3)10-13(15(20)12(4)17)18-16(21)14-8-7-9-19(14)6-2;1-13(15-10-6-3-7-11-15)12-14-8-4-2-5-9-14;1-6(8(2,3)4)10-7(11)9-5/h6,11,13-14H,2,4-5,7-10,17H2,1,3H3,(H,18,21);2,4-5,8-9,13,15H,3,6-7,10-12H2,1H3;6H,1-5H3,(H2,9,10,11). The molecule has 1 aliphatic heterocycles. The smallest absolute Gasteiger partial charge is 0.314 e. The third-order valence-electron chi connectivity index (χ3n) is 9.84. The van der Waals surface area contributed by atoms with Crippen LogP contribution in [0, 0.1) is 23.2 Å². The molecule has 0 radical (unpaired) electrons. The van der Waals surface area contributed by atoms with Gasteiger partial charge in [-0.2, -0.15) is 0 Å². The average molecular weight is 654 g/mol. The molecule has 1 aromatic carbocycles. The van der Waals surface area contributed by atoms with E-state index in [1.54, 1.807) is 13.2 Å². The number of carbonyl (C=O) groups excluding carboxylic acids is 3. The molecule has 1 aromatic rings. The molecule has 0 spiro atoms. The highest BCUT2D eigenvalue weighted by atomic mass is 16.2. The second-order valence-corrected chi connectivity index (χ2v) is 14.7. The van der Waals surface area contributed by atoms with Crippen LogP contribution in [-0.4, -0.2) is 54.3 Å². The minimum atomic E-state index is -0.586. The molecule has 2 fully saturated rings. The van der Waals surface area contributed by atoms with Crippen LogP contribution in [0.3, 0.4) is 0 Å². The molecule has 1 saturated carbocycles. The molecular weight excluding hydrogens is 586 g/mol. The monoisotopic (exact) mass is 654 g/mol. The highest BCUT2D eigenvalue weighted by molar-refractivity contribution is 6.00. The van der Waals surface area contributed by atoms with Gasteiger partial charge in [0.2, 0.25) is 5.91 Å². The summed E-state index contributed by atoms with van der Waals surface area (Å²) in [6, 6.07) is 10.2. The van der Waals surface area contributed by atoms with Gasteiger partial charge in [0.1, 0.15) is 6.04 Å². The van der Waals surface area contributed by atoms with Gasteiger partial charge in [0.25, 0.3) is 0 Å². The van der Waals surface area contributed by atoms with Crippen molar-refractivity contribution in [2.45, 2.75) is 131 Å². The Bertz CT molecular complexity index is 1090. The maximum Gasteiger partial charge on any atom is 0.314 e. The van der Waals surface area contributed by atoms with Crippen LogP contribution in [0.1, 0.15) is 112 Å². The summed E-state index contributed by atoms with van der Waals surface area (Å²) in [4.78, 5) is 37.3. The van der Waals surface area contributed by atoms with Gasteiger partial charge in [-0.05, 0) is 67.5 Å². The quantitative estimate of drug-likeness (QED) is 0.176. The van der Waals surface area contributed by atoms with Crippen molar-refractivity contribution in [1.29, 1.82) is 0 Å². The van der Waals surface area contributed by atoms with Crippen LogP contribution in [-0.2, 0) is 16.0 Å². The number of nitrogens with two attached hydrogens (primary N) is 1. The van der Waals surface area contributed by atoms with E-state index >= 15 is 0 Å². The lowest BCUT2D eigenvalue weighted by Gasteiger charge is -2.27. The summed E-state index contributed by atoms with van der Waals surface area (Å²) in [6.07, 6.45) is 13.5. The number of urea groups is 1. The molecule has 5 N–H and O–H groups in total. The van der Waals surface area contributed by atoms with Crippen LogP contribution < -0.4 is 21.7 Å². The average Bonchev–Trinajstić information content (AvgIpc) is 3.54. The summed E-state index contributed by atoms with van der Waals surface area (Å²) < 4.78 is 0. The van der Waals surface area contributed by atoms with Gasteiger partial charge >= 0.3 is 6.03 Å². The Morgan fingerprint density at radius 2 is 1.62 bits per heavy atom. The molecule has 0 aromatic heterocycles. The van der Waals surface area contributed by atoms with E-state index in [4.69, 9.17) is 5.73 Å². The van der Waals surface area contributed by atoms with Crippen molar-refractivity contribution < 1.29 is 14.4 Å². The number of Topliss-reactive ketones (excluding diaryl/α,β-unsaturated/α-hetero) is 1. The van der Waals surface area contributed by atoms with Crippen molar-refractivity contribution in [1.82, 2.24) is 20.9 Å². The lowest BCUT2D eigenvalue weighted by molar-refractivity contribution is -0.129. The van der Waals surface area contributed by atoms with Gasteiger partial charge < -0.3 is 26.6 Å². The zero-order valence-corrected chi connectivity index (χ0v) is 30.9. The van der Waals surface area contributed by atoms with Gasteiger partial charge in [0.05, 0.1) is 11.7 Å². The predicted octanol–water partition coefficient (Wildman–Crippen LogP) is 7.35. The molecule has 266 valence electrons. The van der Waals surface area contributed by atoms with Crippen LogP contribution in [0.15, 0.2) is 55.4 Å². The van der Waals surface area contributed by atoms with Crippen LogP contribution in [0.4, 0.5) is 4.79 Å². The zero-order chi connectivity index (χ0) is 35.6. The molecule has 47 heavy (non-hydrogen) atoms. The minimum Gasteiger partial charge on any atom is -0.396 e. The van der Waals surface area contributed by atoms with E-state index in [0.717, 1.165) is 37.6 Å². The molecule has 1 aliphatic carbocycles. The Kier molecular flexibility index (Phi) is 19.1. The van der Waals surface area contributed by atoms with E-state index in [1.165, 1.54) is 44.1 Å². The number of hydrogen-bond donors (Lipinski definition) is 4. The molecular formula is C39H67N5O3. The molecule has 5 unspecified atom stereocenters. The van der Waals surface area contributed by atoms with E-state index in [0.29, 0.717) is 12.3 Å². The largest absolute Gasteiger partial charge is 0.396 e. The predicted molar refractivity (Wildman–Crippen MR) is 197 cm³/mol. The Balaban J connectivity index is 0.000000373. The third kappa shape index (κ3) is 15.9. The van der Waals surface area contributed by atoms with Crippen LogP contribution in [0.25, 0.3) is 0 Å². The highest BCUT2D eigenvalue weighted by Crippen LogP contribution is 2.31. The summed E-state index contributed by atoms with van der Waals surface area (Å²) in [5.41, 5.74) is 7.14. The second kappa shape index (κ2) is 21.6. The fourth-order valence-electron chi connectivity index (χ4n) is 5.92. The van der Waals surface area contributed by atoms with Crippen LogP contribution >= 0.6 is 0 Å². The molecule has 3 amide bonds. The lowest BCUT2D eigenvalue weighted by Crippen LogP contribution is -2.49.